The molecular weight excluding hydrogens is 309 g/mol. The van der Waals surface area contributed by atoms with Gasteiger partial charge in [0.15, 0.2) is 0 Å². The van der Waals surface area contributed by atoms with Gasteiger partial charge in [-0.3, -0.25) is 0 Å². The molecule has 1 rings (SSSR count). The molecule has 120 valence electrons. The van der Waals surface area contributed by atoms with Gasteiger partial charge in [-0.05, 0) is 31.6 Å². The van der Waals surface area contributed by atoms with Gasteiger partial charge in [-0.1, -0.05) is 19.1 Å². The van der Waals surface area contributed by atoms with Crippen LogP contribution in [0.25, 0.3) is 0 Å². The fourth-order valence-electron chi connectivity index (χ4n) is 1.63. The minimum atomic E-state index is -4.95. The highest BCUT2D eigenvalue weighted by Gasteiger charge is 2.33. The number of para-hydroxylation sites is 1. The smallest absolute Gasteiger partial charge is 0.404 e. The molecule has 0 aromatic heterocycles. The molecule has 0 heterocycles. The Morgan fingerprint density at radius 3 is 2.43 bits per heavy atom. The van der Waals surface area contributed by atoms with Gasteiger partial charge in [0.05, 0.1) is 0 Å². The summed E-state index contributed by atoms with van der Waals surface area (Å²) in [7, 11) is -2.36. The first kappa shape index (κ1) is 17.7. The van der Waals surface area contributed by atoms with Crippen molar-refractivity contribution in [3.05, 3.63) is 24.3 Å². The Bertz CT molecular complexity index is 561. The SMILES string of the molecule is CNCC(C)CNS(=O)(=O)c1ccccc1OC(F)(F)F. The second kappa shape index (κ2) is 7.10. The van der Waals surface area contributed by atoms with Crippen LogP contribution in [-0.2, 0) is 10.0 Å². The molecule has 0 aliphatic heterocycles. The van der Waals surface area contributed by atoms with Gasteiger partial charge in [0.25, 0.3) is 0 Å². The lowest BCUT2D eigenvalue weighted by Crippen LogP contribution is -2.32. The number of hydrogen-bond donors (Lipinski definition) is 2. The maximum atomic E-state index is 12.3. The first-order valence-electron chi connectivity index (χ1n) is 6.15. The van der Waals surface area contributed by atoms with Crippen LogP contribution in [0.3, 0.4) is 0 Å². The highest BCUT2D eigenvalue weighted by molar-refractivity contribution is 7.89. The van der Waals surface area contributed by atoms with Crippen LogP contribution in [0.15, 0.2) is 29.2 Å². The number of sulfonamides is 1. The molecule has 2 N–H and O–H groups in total. The van der Waals surface area contributed by atoms with Gasteiger partial charge in [0.2, 0.25) is 10.0 Å². The van der Waals surface area contributed by atoms with Crippen molar-refractivity contribution in [1.29, 1.82) is 0 Å². The number of nitrogens with one attached hydrogen (secondary N) is 2. The first-order valence-corrected chi connectivity index (χ1v) is 7.63. The molecule has 0 saturated heterocycles. The Balaban J connectivity index is 2.93. The van der Waals surface area contributed by atoms with Gasteiger partial charge in [0, 0.05) is 6.54 Å². The molecule has 0 bridgehead atoms. The molecule has 5 nitrogen and oxygen atoms in total. The van der Waals surface area contributed by atoms with Crippen molar-refractivity contribution >= 4 is 10.0 Å². The molecule has 9 heteroatoms. The molecule has 0 fully saturated rings. The van der Waals surface area contributed by atoms with E-state index in [0.717, 1.165) is 12.1 Å². The monoisotopic (exact) mass is 326 g/mol. The van der Waals surface area contributed by atoms with Crippen LogP contribution in [0.4, 0.5) is 13.2 Å². The highest BCUT2D eigenvalue weighted by atomic mass is 32.2. The summed E-state index contributed by atoms with van der Waals surface area (Å²) in [5, 5.41) is 2.88. The van der Waals surface area contributed by atoms with Gasteiger partial charge in [-0.15, -0.1) is 13.2 Å². The Morgan fingerprint density at radius 1 is 1.24 bits per heavy atom. The van der Waals surface area contributed by atoms with Crippen molar-refractivity contribution in [3.8, 4) is 5.75 Å². The van der Waals surface area contributed by atoms with E-state index in [1.54, 1.807) is 14.0 Å². The predicted molar refractivity (Wildman–Crippen MR) is 71.4 cm³/mol. The molecule has 1 atom stereocenters. The lowest BCUT2D eigenvalue weighted by atomic mass is 10.2. The number of ether oxygens (including phenoxy) is 1. The van der Waals surface area contributed by atoms with Crippen LogP contribution in [-0.4, -0.2) is 34.9 Å². The van der Waals surface area contributed by atoms with E-state index in [4.69, 9.17) is 0 Å². The molecule has 1 aromatic carbocycles. The van der Waals surface area contributed by atoms with Crippen LogP contribution in [0.1, 0.15) is 6.92 Å². The fourth-order valence-corrected chi connectivity index (χ4v) is 2.92. The predicted octanol–water partition coefficient (Wildman–Crippen LogP) is 1.72. The summed E-state index contributed by atoms with van der Waals surface area (Å²) < 4.78 is 67.0. The molecule has 0 aliphatic rings. The van der Waals surface area contributed by atoms with Crippen LogP contribution >= 0.6 is 0 Å². The molecule has 0 spiro atoms. The number of alkyl halides is 3. The molecular formula is C12H17F3N2O3S. The summed E-state index contributed by atoms with van der Waals surface area (Å²) in [6.07, 6.45) is -4.95. The minimum Gasteiger partial charge on any atom is -0.404 e. The van der Waals surface area contributed by atoms with E-state index in [-0.39, 0.29) is 12.5 Å². The topological polar surface area (TPSA) is 67.4 Å². The summed E-state index contributed by atoms with van der Waals surface area (Å²) in [4.78, 5) is -0.543. The van der Waals surface area contributed by atoms with Crippen molar-refractivity contribution in [2.45, 2.75) is 18.2 Å². The third-order valence-electron chi connectivity index (χ3n) is 2.54. The molecule has 1 unspecified atom stereocenters. The molecule has 0 aliphatic carbocycles. The zero-order valence-electron chi connectivity index (χ0n) is 11.6. The van der Waals surface area contributed by atoms with Gasteiger partial charge in [-0.25, -0.2) is 13.1 Å². The zero-order valence-corrected chi connectivity index (χ0v) is 12.4. The van der Waals surface area contributed by atoms with Crippen LogP contribution in [0.5, 0.6) is 5.75 Å². The second-order valence-corrected chi connectivity index (χ2v) is 6.24. The average molecular weight is 326 g/mol. The summed E-state index contributed by atoms with van der Waals surface area (Å²) in [5.41, 5.74) is 0. The average Bonchev–Trinajstić information content (AvgIpc) is 2.35. The van der Waals surface area contributed by atoms with Crippen molar-refractivity contribution in [2.75, 3.05) is 20.1 Å². The van der Waals surface area contributed by atoms with E-state index in [0.29, 0.717) is 6.54 Å². The normalized spacial score (nSPS) is 14.0. The zero-order chi connectivity index (χ0) is 16.1. The third-order valence-corrected chi connectivity index (χ3v) is 4.00. The van der Waals surface area contributed by atoms with Crippen molar-refractivity contribution in [1.82, 2.24) is 10.0 Å². The number of rotatable bonds is 7. The largest absolute Gasteiger partial charge is 0.573 e. The number of benzene rings is 1. The lowest BCUT2D eigenvalue weighted by molar-refractivity contribution is -0.275. The summed E-state index contributed by atoms with van der Waals surface area (Å²) in [5.74, 6) is -0.765. The minimum absolute atomic E-state index is 0.0135. The second-order valence-electron chi connectivity index (χ2n) is 4.51. The summed E-state index contributed by atoms with van der Waals surface area (Å²) >= 11 is 0. The Hall–Kier alpha value is -1.32. The Morgan fingerprint density at radius 2 is 1.86 bits per heavy atom. The molecule has 21 heavy (non-hydrogen) atoms. The van der Waals surface area contributed by atoms with E-state index in [1.807, 2.05) is 0 Å². The van der Waals surface area contributed by atoms with Crippen molar-refractivity contribution < 1.29 is 26.3 Å². The molecule has 0 radical (unpaired) electrons. The van der Waals surface area contributed by atoms with Crippen LogP contribution in [0, 0.1) is 5.92 Å². The maximum absolute atomic E-state index is 12.3. The number of hydrogen-bond acceptors (Lipinski definition) is 4. The Labute approximate surface area is 121 Å². The summed E-state index contributed by atoms with van der Waals surface area (Å²) in [6.45, 7) is 2.48. The van der Waals surface area contributed by atoms with Gasteiger partial charge in [-0.2, -0.15) is 0 Å². The first-order chi connectivity index (χ1) is 9.65. The van der Waals surface area contributed by atoms with Gasteiger partial charge >= 0.3 is 6.36 Å². The molecule has 1 aromatic rings. The Kier molecular flexibility index (Phi) is 5.99. The van der Waals surface area contributed by atoms with Crippen molar-refractivity contribution in [2.24, 2.45) is 5.92 Å². The number of halogens is 3. The van der Waals surface area contributed by atoms with Crippen LogP contribution in [0.2, 0.25) is 0 Å². The molecule has 0 saturated carbocycles. The summed E-state index contributed by atoms with van der Waals surface area (Å²) in [6, 6.07) is 4.61. The maximum Gasteiger partial charge on any atom is 0.573 e. The van der Waals surface area contributed by atoms with E-state index < -0.39 is 27.0 Å². The van der Waals surface area contributed by atoms with E-state index in [1.165, 1.54) is 12.1 Å². The third kappa shape index (κ3) is 5.90. The van der Waals surface area contributed by atoms with Crippen molar-refractivity contribution in [3.63, 3.8) is 0 Å². The molecule has 0 amide bonds. The van der Waals surface area contributed by atoms with Gasteiger partial charge in [0.1, 0.15) is 10.6 Å². The van der Waals surface area contributed by atoms with E-state index in [2.05, 4.69) is 14.8 Å². The van der Waals surface area contributed by atoms with E-state index >= 15 is 0 Å². The van der Waals surface area contributed by atoms with Crippen LogP contribution < -0.4 is 14.8 Å². The standard InChI is InChI=1S/C12H17F3N2O3S/c1-9(7-16-2)8-17-21(18,19)11-6-4-3-5-10(11)20-12(13,14)15/h3-6,9,16-17H,7-8H2,1-2H3. The quantitative estimate of drug-likeness (QED) is 0.801. The lowest BCUT2D eigenvalue weighted by Gasteiger charge is -2.15. The van der Waals surface area contributed by atoms with E-state index in [9.17, 15) is 21.6 Å². The fraction of sp³-hybridized carbons (Fsp3) is 0.500. The van der Waals surface area contributed by atoms with Gasteiger partial charge < -0.3 is 10.1 Å². The highest BCUT2D eigenvalue weighted by Crippen LogP contribution is 2.29.